The number of hydrogen-bond acceptors (Lipinski definition) is 6. The monoisotopic (exact) mass is 458 g/mol. The molecular weight excluding hydrogens is 438 g/mol. The summed E-state index contributed by atoms with van der Waals surface area (Å²) in [6, 6.07) is 8.01. The van der Waals surface area contributed by atoms with Crippen LogP contribution in [0.15, 0.2) is 29.1 Å². The van der Waals surface area contributed by atoms with E-state index in [1.807, 2.05) is 13.0 Å². The summed E-state index contributed by atoms with van der Waals surface area (Å²) in [5.41, 5.74) is 2.94. The predicted molar refractivity (Wildman–Crippen MR) is 117 cm³/mol. The number of ether oxygens (including phenoxy) is 1. The lowest BCUT2D eigenvalue weighted by Gasteiger charge is -2.10. The Balaban J connectivity index is 1.68. The summed E-state index contributed by atoms with van der Waals surface area (Å²) in [4.78, 5) is 32.2. The van der Waals surface area contributed by atoms with Crippen LogP contribution in [0.2, 0.25) is 0 Å². The fourth-order valence-corrected chi connectivity index (χ4v) is 4.20. The fourth-order valence-electron chi connectivity index (χ4n) is 3.35. The minimum absolute atomic E-state index is 0.0520. The second-order valence-corrected chi connectivity index (χ2v) is 8.25. The number of carbonyl (C=O) groups excluding carboxylic acids is 1. The zero-order valence-corrected chi connectivity index (χ0v) is 18.4. The molecule has 166 valence electrons. The molecule has 7 nitrogen and oxygen atoms in total. The van der Waals surface area contributed by atoms with Gasteiger partial charge in [0.1, 0.15) is 17.4 Å². The number of H-pyrrole nitrogens is 1. The average Bonchev–Trinajstić information content (AvgIpc) is 3.08. The van der Waals surface area contributed by atoms with Crippen molar-refractivity contribution in [2.75, 3.05) is 5.32 Å². The van der Waals surface area contributed by atoms with Crippen molar-refractivity contribution in [1.82, 2.24) is 9.97 Å². The van der Waals surface area contributed by atoms with Crippen molar-refractivity contribution >= 4 is 22.4 Å². The van der Waals surface area contributed by atoms with Crippen LogP contribution < -0.4 is 15.6 Å². The molecule has 0 aliphatic carbocycles. The third kappa shape index (κ3) is 5.18. The molecule has 10 heteroatoms. The van der Waals surface area contributed by atoms with Crippen molar-refractivity contribution in [2.24, 2.45) is 0 Å². The largest absolute Gasteiger partial charge is 0.435 e. The number of thiazole rings is 1. The highest BCUT2D eigenvalue weighted by atomic mass is 32.1. The number of benzene rings is 1. The third-order valence-corrected chi connectivity index (χ3v) is 5.80. The van der Waals surface area contributed by atoms with E-state index in [0.29, 0.717) is 34.1 Å². The van der Waals surface area contributed by atoms with Gasteiger partial charge in [0.05, 0.1) is 5.69 Å². The Kier molecular flexibility index (Phi) is 7.00. The molecule has 2 heterocycles. The highest BCUT2D eigenvalue weighted by molar-refractivity contribution is 7.16. The third-order valence-electron chi connectivity index (χ3n) is 4.92. The molecule has 0 aliphatic rings. The maximum Gasteiger partial charge on any atom is 0.387 e. The SMILES string of the molecule is Cc1[nH]c(=O)c(C#N)c(C)c1CCC(=O)Nc1nc(-c2ccc(OC(F)F)cc2)c(C)s1. The number of nitrogens with one attached hydrogen (secondary N) is 2. The second-order valence-electron chi connectivity index (χ2n) is 7.04. The molecule has 0 unspecified atom stereocenters. The Hall–Kier alpha value is -3.58. The van der Waals surface area contributed by atoms with Gasteiger partial charge in [-0.1, -0.05) is 0 Å². The van der Waals surface area contributed by atoms with Gasteiger partial charge in [-0.05, 0) is 62.6 Å². The molecule has 0 atom stereocenters. The van der Waals surface area contributed by atoms with Gasteiger partial charge < -0.3 is 15.0 Å². The maximum absolute atomic E-state index is 12.5. The van der Waals surface area contributed by atoms with E-state index in [4.69, 9.17) is 5.26 Å². The molecule has 3 aromatic rings. The predicted octanol–water partition coefficient (Wildman–Crippen LogP) is 4.47. The number of carbonyl (C=O) groups is 1. The van der Waals surface area contributed by atoms with E-state index >= 15 is 0 Å². The summed E-state index contributed by atoms with van der Waals surface area (Å²) >= 11 is 1.30. The molecule has 1 amide bonds. The van der Waals surface area contributed by atoms with Crippen LogP contribution >= 0.6 is 11.3 Å². The Morgan fingerprint density at radius 2 is 1.97 bits per heavy atom. The summed E-state index contributed by atoms with van der Waals surface area (Å²) in [6.07, 6.45) is 0.504. The van der Waals surface area contributed by atoms with Crippen LogP contribution in [0, 0.1) is 32.1 Å². The van der Waals surface area contributed by atoms with Crippen molar-refractivity contribution in [3.63, 3.8) is 0 Å². The first-order valence-electron chi connectivity index (χ1n) is 9.64. The molecule has 0 spiro atoms. The number of amides is 1. The molecule has 0 aliphatic heterocycles. The lowest BCUT2D eigenvalue weighted by molar-refractivity contribution is -0.116. The molecule has 0 radical (unpaired) electrons. The van der Waals surface area contributed by atoms with Gasteiger partial charge in [-0.25, -0.2) is 4.98 Å². The number of pyridine rings is 1. The van der Waals surface area contributed by atoms with Gasteiger partial charge in [-0.3, -0.25) is 9.59 Å². The average molecular weight is 458 g/mol. The van der Waals surface area contributed by atoms with E-state index in [1.54, 1.807) is 26.0 Å². The van der Waals surface area contributed by atoms with Crippen LogP contribution in [-0.4, -0.2) is 22.5 Å². The Morgan fingerprint density at radius 1 is 1.28 bits per heavy atom. The minimum Gasteiger partial charge on any atom is -0.435 e. The van der Waals surface area contributed by atoms with E-state index in [9.17, 15) is 18.4 Å². The lowest BCUT2D eigenvalue weighted by Crippen LogP contribution is -2.18. The second kappa shape index (κ2) is 9.70. The number of hydrogen-bond donors (Lipinski definition) is 2. The van der Waals surface area contributed by atoms with Gasteiger partial charge in [0.15, 0.2) is 5.13 Å². The van der Waals surface area contributed by atoms with Gasteiger partial charge in [-0.15, -0.1) is 11.3 Å². The summed E-state index contributed by atoms with van der Waals surface area (Å²) in [5, 5.41) is 12.4. The smallest absolute Gasteiger partial charge is 0.387 e. The van der Waals surface area contributed by atoms with Crippen molar-refractivity contribution in [2.45, 2.75) is 40.2 Å². The van der Waals surface area contributed by atoms with Crippen molar-refractivity contribution in [1.29, 1.82) is 5.26 Å². The van der Waals surface area contributed by atoms with Gasteiger partial charge in [-0.2, -0.15) is 14.0 Å². The number of halogens is 2. The number of aryl methyl sites for hydroxylation is 2. The number of aromatic amines is 1. The molecule has 32 heavy (non-hydrogen) atoms. The number of alkyl halides is 2. The molecule has 0 saturated heterocycles. The summed E-state index contributed by atoms with van der Waals surface area (Å²) < 4.78 is 29.0. The topological polar surface area (TPSA) is 108 Å². The van der Waals surface area contributed by atoms with E-state index in [-0.39, 0.29) is 23.6 Å². The number of rotatable bonds is 7. The zero-order valence-electron chi connectivity index (χ0n) is 17.6. The molecule has 3 rings (SSSR count). The number of nitriles is 1. The Labute approximate surface area is 186 Å². The van der Waals surface area contributed by atoms with Crippen molar-refractivity contribution in [3.8, 4) is 23.1 Å². The molecule has 0 bridgehead atoms. The quantitative estimate of drug-likeness (QED) is 0.543. The van der Waals surface area contributed by atoms with E-state index in [0.717, 1.165) is 10.4 Å². The van der Waals surface area contributed by atoms with Crippen LogP contribution in [0.3, 0.4) is 0 Å². The lowest BCUT2D eigenvalue weighted by atomic mass is 9.99. The molecule has 2 N–H and O–H groups in total. The van der Waals surface area contributed by atoms with Crippen LogP contribution in [0.25, 0.3) is 11.3 Å². The zero-order chi connectivity index (χ0) is 23.4. The van der Waals surface area contributed by atoms with E-state index < -0.39 is 12.2 Å². The summed E-state index contributed by atoms with van der Waals surface area (Å²) in [6.45, 7) is 2.39. The van der Waals surface area contributed by atoms with Crippen molar-refractivity contribution < 1.29 is 18.3 Å². The van der Waals surface area contributed by atoms with Crippen LogP contribution in [0.4, 0.5) is 13.9 Å². The van der Waals surface area contributed by atoms with E-state index in [2.05, 4.69) is 20.0 Å². The fraction of sp³-hybridized carbons (Fsp3) is 0.273. The molecule has 0 saturated carbocycles. The molecule has 2 aromatic heterocycles. The molecular formula is C22H20F2N4O3S. The molecule has 0 fully saturated rings. The summed E-state index contributed by atoms with van der Waals surface area (Å²) in [5.74, 6) is -0.202. The Bertz CT molecular complexity index is 1240. The van der Waals surface area contributed by atoms with E-state index in [1.165, 1.54) is 23.5 Å². The first-order valence-corrected chi connectivity index (χ1v) is 10.5. The Morgan fingerprint density at radius 3 is 2.59 bits per heavy atom. The van der Waals surface area contributed by atoms with Gasteiger partial charge >= 0.3 is 6.61 Å². The van der Waals surface area contributed by atoms with Gasteiger partial charge in [0, 0.05) is 22.6 Å². The van der Waals surface area contributed by atoms with Gasteiger partial charge in [0.2, 0.25) is 5.91 Å². The van der Waals surface area contributed by atoms with Crippen LogP contribution in [-0.2, 0) is 11.2 Å². The number of anilines is 1. The van der Waals surface area contributed by atoms with Crippen LogP contribution in [0.5, 0.6) is 5.75 Å². The summed E-state index contributed by atoms with van der Waals surface area (Å²) in [7, 11) is 0. The molecule has 1 aromatic carbocycles. The van der Waals surface area contributed by atoms with Crippen molar-refractivity contribution in [3.05, 3.63) is 61.9 Å². The number of aromatic nitrogens is 2. The first kappa shape index (κ1) is 23.1. The highest BCUT2D eigenvalue weighted by Gasteiger charge is 2.16. The minimum atomic E-state index is -2.89. The van der Waals surface area contributed by atoms with Crippen LogP contribution in [0.1, 0.15) is 33.7 Å². The normalized spacial score (nSPS) is 10.8. The first-order chi connectivity index (χ1) is 15.2. The standard InChI is InChI=1S/C22H20F2N4O3S/c1-11-16(12(2)26-20(30)17(11)10-25)8-9-18(29)27-22-28-19(13(3)32-22)14-4-6-15(7-5-14)31-21(23)24/h4-7,21H,8-9H2,1-3H3,(H,26,30)(H,27,28,29). The highest BCUT2D eigenvalue weighted by Crippen LogP contribution is 2.31. The number of nitrogens with zero attached hydrogens (tertiary/aromatic N) is 2. The van der Waals surface area contributed by atoms with Gasteiger partial charge in [0.25, 0.3) is 5.56 Å². The maximum atomic E-state index is 12.5.